The Kier molecular flexibility index (Phi) is 2.23. The summed E-state index contributed by atoms with van der Waals surface area (Å²) in [5.74, 6) is -0.616. The van der Waals surface area contributed by atoms with E-state index < -0.39 is 5.97 Å². The van der Waals surface area contributed by atoms with Gasteiger partial charge in [0.05, 0.1) is 11.3 Å². The fourth-order valence-corrected chi connectivity index (χ4v) is 2.47. The zero-order chi connectivity index (χ0) is 12.9. The van der Waals surface area contributed by atoms with Gasteiger partial charge in [0.2, 0.25) is 0 Å². The third-order valence-corrected chi connectivity index (χ3v) is 3.65. The van der Waals surface area contributed by atoms with Crippen molar-refractivity contribution in [1.82, 2.24) is 0 Å². The highest BCUT2D eigenvalue weighted by Crippen LogP contribution is 2.38. The van der Waals surface area contributed by atoms with Gasteiger partial charge in [-0.25, -0.2) is 4.79 Å². The van der Waals surface area contributed by atoms with Gasteiger partial charge in [-0.05, 0) is 41.5 Å². The Morgan fingerprint density at radius 1 is 1.33 bits per heavy atom. The Balaban J connectivity index is 2.34. The fourth-order valence-electron chi connectivity index (χ4n) is 2.47. The molecule has 18 heavy (non-hydrogen) atoms. The fraction of sp³-hybridized carbons (Fsp3) is 0.200. The topological polar surface area (TPSA) is 49.7 Å². The number of fused-ring (bicyclic) bond motifs is 2. The molecule has 1 aliphatic rings. The van der Waals surface area contributed by atoms with Crippen molar-refractivity contribution in [3.8, 4) is 0 Å². The molecule has 90 valence electrons. The molecular weight excluding hydrogens is 226 g/mol. The Hall–Kier alpha value is -2.16. The number of aliphatic imine (C=N–C) groups is 1. The van der Waals surface area contributed by atoms with Crippen LogP contribution in [0.1, 0.15) is 35.7 Å². The van der Waals surface area contributed by atoms with Crippen LogP contribution in [0.5, 0.6) is 0 Å². The van der Waals surface area contributed by atoms with Gasteiger partial charge in [-0.3, -0.25) is 4.99 Å². The maximum Gasteiger partial charge on any atom is 0.336 e. The average molecular weight is 239 g/mol. The minimum absolute atomic E-state index is 0.270. The first-order chi connectivity index (χ1) is 8.58. The van der Waals surface area contributed by atoms with E-state index in [1.165, 1.54) is 0 Å². The van der Waals surface area contributed by atoms with Crippen LogP contribution in [-0.4, -0.2) is 16.8 Å². The minimum atomic E-state index is -0.885. The van der Waals surface area contributed by atoms with Gasteiger partial charge in [-0.15, -0.1) is 0 Å². The summed E-state index contributed by atoms with van der Waals surface area (Å²) in [7, 11) is 0. The average Bonchev–Trinajstić information content (AvgIpc) is 2.61. The molecule has 1 N–H and O–H groups in total. The molecule has 0 spiro atoms. The molecule has 0 aliphatic carbocycles. The lowest BCUT2D eigenvalue weighted by atomic mass is 9.94. The van der Waals surface area contributed by atoms with Gasteiger partial charge >= 0.3 is 5.97 Å². The van der Waals surface area contributed by atoms with Gasteiger partial charge in [0, 0.05) is 11.6 Å². The maximum absolute atomic E-state index is 11.2. The molecule has 1 atom stereocenters. The molecule has 1 aliphatic heterocycles. The van der Waals surface area contributed by atoms with Crippen LogP contribution in [0, 0.1) is 0 Å². The molecule has 2 aromatic rings. The molecule has 0 saturated heterocycles. The molecule has 3 rings (SSSR count). The number of aromatic carboxylic acids is 1. The molecule has 3 heteroatoms. The van der Waals surface area contributed by atoms with E-state index in [9.17, 15) is 9.90 Å². The summed E-state index contributed by atoms with van der Waals surface area (Å²) in [6.45, 7) is 4.10. The highest BCUT2D eigenvalue weighted by atomic mass is 16.4. The second-order valence-electron chi connectivity index (χ2n) is 4.72. The van der Waals surface area contributed by atoms with E-state index in [1.807, 2.05) is 25.1 Å². The number of nitrogens with zero attached hydrogens (tertiary/aromatic N) is 1. The smallest absolute Gasteiger partial charge is 0.336 e. The minimum Gasteiger partial charge on any atom is -0.478 e. The molecule has 0 radical (unpaired) electrons. The van der Waals surface area contributed by atoms with E-state index in [4.69, 9.17) is 0 Å². The highest BCUT2D eigenvalue weighted by molar-refractivity contribution is 6.07. The van der Waals surface area contributed by atoms with Crippen LogP contribution < -0.4 is 0 Å². The number of hydrogen-bond donors (Lipinski definition) is 1. The number of benzene rings is 2. The van der Waals surface area contributed by atoms with Gasteiger partial charge in [-0.2, -0.15) is 0 Å². The molecule has 1 unspecified atom stereocenters. The summed E-state index contributed by atoms with van der Waals surface area (Å²) in [6, 6.07) is 9.29. The van der Waals surface area contributed by atoms with E-state index in [2.05, 4.69) is 11.9 Å². The molecule has 3 nitrogen and oxygen atoms in total. The number of rotatable bonds is 1. The van der Waals surface area contributed by atoms with E-state index in [0.29, 0.717) is 5.56 Å². The van der Waals surface area contributed by atoms with Crippen molar-refractivity contribution in [2.24, 2.45) is 4.99 Å². The zero-order valence-electron chi connectivity index (χ0n) is 10.3. The van der Waals surface area contributed by atoms with E-state index >= 15 is 0 Å². The van der Waals surface area contributed by atoms with Crippen molar-refractivity contribution in [3.63, 3.8) is 0 Å². The number of carboxylic acids is 1. The monoisotopic (exact) mass is 239 g/mol. The second-order valence-corrected chi connectivity index (χ2v) is 4.72. The normalized spacial score (nSPS) is 17.7. The Morgan fingerprint density at radius 2 is 2.11 bits per heavy atom. The van der Waals surface area contributed by atoms with Gasteiger partial charge in [0.15, 0.2) is 0 Å². The first-order valence-electron chi connectivity index (χ1n) is 5.93. The van der Waals surface area contributed by atoms with Crippen molar-refractivity contribution >= 4 is 28.1 Å². The van der Waals surface area contributed by atoms with Crippen LogP contribution >= 0.6 is 0 Å². The number of carboxylic acid groups (broad SMARTS) is 1. The zero-order valence-corrected chi connectivity index (χ0v) is 10.3. The summed E-state index contributed by atoms with van der Waals surface area (Å²) in [4.78, 5) is 15.8. The van der Waals surface area contributed by atoms with E-state index in [1.54, 1.807) is 12.1 Å². The van der Waals surface area contributed by atoms with Crippen molar-refractivity contribution in [2.45, 2.75) is 19.8 Å². The highest BCUT2D eigenvalue weighted by Gasteiger charge is 2.21. The summed E-state index contributed by atoms with van der Waals surface area (Å²) in [6.07, 6.45) is 0. The lowest BCUT2D eigenvalue weighted by molar-refractivity contribution is 0.0699. The van der Waals surface area contributed by atoms with Gasteiger partial charge in [0.25, 0.3) is 0 Å². The first kappa shape index (κ1) is 11.0. The number of hydrogen-bond acceptors (Lipinski definition) is 2. The quantitative estimate of drug-likeness (QED) is 0.823. The van der Waals surface area contributed by atoms with Gasteiger partial charge in [-0.1, -0.05) is 19.1 Å². The lowest BCUT2D eigenvalue weighted by Gasteiger charge is -2.08. The maximum atomic E-state index is 11.2. The molecule has 0 saturated carbocycles. The summed E-state index contributed by atoms with van der Waals surface area (Å²) in [5, 5.41) is 10.9. The molecular formula is C15H13NO2. The first-order valence-corrected chi connectivity index (χ1v) is 5.93. The SMILES string of the molecule is CC1=Nc2cc3cccc(C(=O)O)c3cc2C1C. The standard InChI is InChI=1S/C15H13NO2/c1-8-9(2)16-14-6-10-4-3-5-11(15(17)18)13(10)7-12(8)14/h3-8H,1-2H3,(H,17,18). The molecule has 0 aromatic heterocycles. The third-order valence-electron chi connectivity index (χ3n) is 3.65. The predicted molar refractivity (Wildman–Crippen MR) is 72.1 cm³/mol. The van der Waals surface area contributed by atoms with Crippen LogP contribution in [0.15, 0.2) is 35.3 Å². The van der Waals surface area contributed by atoms with Crippen LogP contribution in [0.25, 0.3) is 10.8 Å². The van der Waals surface area contributed by atoms with Crippen molar-refractivity contribution < 1.29 is 9.90 Å². The lowest BCUT2D eigenvalue weighted by Crippen LogP contribution is -2.00. The molecule has 2 aromatic carbocycles. The Bertz CT molecular complexity index is 701. The third kappa shape index (κ3) is 1.44. The van der Waals surface area contributed by atoms with Crippen molar-refractivity contribution in [3.05, 3.63) is 41.5 Å². The summed E-state index contributed by atoms with van der Waals surface area (Å²) in [5.41, 5.74) is 3.52. The molecule has 1 heterocycles. The summed E-state index contributed by atoms with van der Waals surface area (Å²) < 4.78 is 0. The summed E-state index contributed by atoms with van der Waals surface area (Å²) >= 11 is 0. The number of carbonyl (C=O) groups is 1. The predicted octanol–water partition coefficient (Wildman–Crippen LogP) is 3.75. The largest absolute Gasteiger partial charge is 0.478 e. The van der Waals surface area contributed by atoms with E-state index in [-0.39, 0.29) is 5.92 Å². The molecule has 0 fully saturated rings. The van der Waals surface area contributed by atoms with E-state index in [0.717, 1.165) is 27.7 Å². The Labute approximate surface area is 105 Å². The Morgan fingerprint density at radius 3 is 2.83 bits per heavy atom. The molecule has 0 amide bonds. The van der Waals surface area contributed by atoms with Crippen LogP contribution in [-0.2, 0) is 0 Å². The van der Waals surface area contributed by atoms with Crippen molar-refractivity contribution in [1.29, 1.82) is 0 Å². The van der Waals surface area contributed by atoms with Gasteiger partial charge < -0.3 is 5.11 Å². The van der Waals surface area contributed by atoms with Crippen LogP contribution in [0.2, 0.25) is 0 Å². The van der Waals surface area contributed by atoms with Gasteiger partial charge in [0.1, 0.15) is 0 Å². The molecule has 0 bridgehead atoms. The van der Waals surface area contributed by atoms with Crippen LogP contribution in [0.4, 0.5) is 5.69 Å². The second kappa shape index (κ2) is 3.67. The van der Waals surface area contributed by atoms with Crippen molar-refractivity contribution in [2.75, 3.05) is 0 Å². The van der Waals surface area contributed by atoms with Crippen LogP contribution in [0.3, 0.4) is 0 Å².